The van der Waals surface area contributed by atoms with Crippen LogP contribution in [0.5, 0.6) is 0 Å². The Hall–Kier alpha value is -0.220. The number of halogens is 2. The second-order valence-electron chi connectivity index (χ2n) is 4.94. The Morgan fingerprint density at radius 3 is 2.00 bits per heavy atom. The van der Waals surface area contributed by atoms with Crippen LogP contribution in [0.1, 0.15) is 59.8 Å². The fourth-order valence-corrected chi connectivity index (χ4v) is 1.22. The van der Waals surface area contributed by atoms with E-state index in [1.165, 1.54) is 46.2 Å². The number of ketones is 1. The first-order valence-corrected chi connectivity index (χ1v) is 7.82. The minimum atomic E-state index is -1.19. The third kappa shape index (κ3) is 38.1. The summed E-state index contributed by atoms with van der Waals surface area (Å²) in [6.45, 7) is 9.02. The van der Waals surface area contributed by atoms with Gasteiger partial charge in [0.05, 0.1) is 0 Å². The number of carbonyl (C=O) groups is 1. The summed E-state index contributed by atoms with van der Waals surface area (Å²) < 4.78 is 10.4. The maximum absolute atomic E-state index is 11.6. The van der Waals surface area contributed by atoms with Gasteiger partial charge in [0.25, 0.3) is 0 Å². The minimum Gasteiger partial charge on any atom is -0.317 e. The van der Waals surface area contributed by atoms with E-state index in [1.54, 1.807) is 13.0 Å². The van der Waals surface area contributed by atoms with Crippen molar-refractivity contribution in [1.29, 1.82) is 0 Å². The molecule has 114 valence electrons. The topological polar surface area (TPSA) is 29.1 Å². The SMILES string of the molecule is C1CCNCC1.CC(C)(F)Br.CCC/C=C/C(C)=O. The number of unbranched alkanes of at least 4 members (excludes halogenated alkanes) is 1. The van der Waals surface area contributed by atoms with Crippen LogP contribution in [-0.4, -0.2) is 23.5 Å². The van der Waals surface area contributed by atoms with Crippen molar-refractivity contribution < 1.29 is 9.18 Å². The smallest absolute Gasteiger partial charge is 0.159 e. The summed E-state index contributed by atoms with van der Waals surface area (Å²) in [6, 6.07) is 0. The van der Waals surface area contributed by atoms with Crippen molar-refractivity contribution >= 4 is 21.7 Å². The zero-order valence-electron chi connectivity index (χ0n) is 12.8. The third-order valence-electron chi connectivity index (χ3n) is 2.02. The van der Waals surface area contributed by atoms with Crippen molar-refractivity contribution in [3.63, 3.8) is 0 Å². The van der Waals surface area contributed by atoms with Gasteiger partial charge in [0, 0.05) is 0 Å². The Labute approximate surface area is 126 Å². The lowest BCUT2D eigenvalue weighted by Crippen LogP contribution is -2.21. The van der Waals surface area contributed by atoms with Crippen LogP contribution >= 0.6 is 15.9 Å². The minimum absolute atomic E-state index is 0.137. The second-order valence-corrected chi connectivity index (χ2v) is 6.83. The van der Waals surface area contributed by atoms with Gasteiger partial charge in [0.1, 0.15) is 0 Å². The maximum atomic E-state index is 11.6. The molecule has 0 aromatic heterocycles. The van der Waals surface area contributed by atoms with E-state index in [9.17, 15) is 9.18 Å². The number of alkyl halides is 2. The van der Waals surface area contributed by atoms with Crippen LogP contribution in [0.25, 0.3) is 0 Å². The van der Waals surface area contributed by atoms with E-state index in [-0.39, 0.29) is 5.78 Å². The first-order valence-electron chi connectivity index (χ1n) is 7.03. The van der Waals surface area contributed by atoms with Crippen LogP contribution in [-0.2, 0) is 4.79 Å². The first-order chi connectivity index (χ1) is 8.77. The van der Waals surface area contributed by atoms with E-state index >= 15 is 0 Å². The Balaban J connectivity index is 0. The second kappa shape index (κ2) is 14.2. The average Bonchev–Trinajstić information content (AvgIpc) is 2.30. The number of allylic oxidation sites excluding steroid dienone is 2. The van der Waals surface area contributed by atoms with Crippen molar-refractivity contribution in [1.82, 2.24) is 5.32 Å². The van der Waals surface area contributed by atoms with Gasteiger partial charge in [-0.05, 0) is 75.1 Å². The molecule has 0 amide bonds. The fourth-order valence-electron chi connectivity index (χ4n) is 1.22. The van der Waals surface area contributed by atoms with Crippen molar-refractivity contribution in [3.8, 4) is 0 Å². The van der Waals surface area contributed by atoms with Crippen LogP contribution in [0, 0.1) is 0 Å². The molecule has 1 heterocycles. The standard InChI is InChI=1S/C7H12O.C5H11N.C3H6BrF/c1-3-4-5-6-7(2)8;1-2-4-6-5-3-1;1-3(2,4)5/h5-6H,3-4H2,1-2H3;6H,1-5H2;1-2H3/b6-5+;;. The molecule has 2 nitrogen and oxygen atoms in total. The number of piperidine rings is 1. The predicted molar refractivity (Wildman–Crippen MR) is 85.6 cm³/mol. The fraction of sp³-hybridized carbons (Fsp3) is 0.800. The number of hydrogen-bond donors (Lipinski definition) is 1. The van der Waals surface area contributed by atoms with Gasteiger partial charge in [0.15, 0.2) is 10.4 Å². The predicted octanol–water partition coefficient (Wildman–Crippen LogP) is 4.78. The highest BCUT2D eigenvalue weighted by Crippen LogP contribution is 2.15. The molecule has 0 aromatic carbocycles. The van der Waals surface area contributed by atoms with Crippen molar-refractivity contribution in [3.05, 3.63) is 12.2 Å². The summed E-state index contributed by atoms with van der Waals surface area (Å²) in [4.78, 5) is 10.2. The van der Waals surface area contributed by atoms with E-state index in [2.05, 4.69) is 28.2 Å². The molecule has 1 aliphatic rings. The van der Waals surface area contributed by atoms with Gasteiger partial charge in [-0.25, -0.2) is 4.39 Å². The normalized spacial score (nSPS) is 15.1. The monoisotopic (exact) mass is 337 g/mol. The summed E-state index contributed by atoms with van der Waals surface area (Å²) in [5.41, 5.74) is 0. The van der Waals surface area contributed by atoms with Crippen molar-refractivity contribution in [2.45, 2.75) is 64.4 Å². The van der Waals surface area contributed by atoms with Gasteiger partial charge >= 0.3 is 0 Å². The number of carbonyl (C=O) groups excluding carboxylic acids is 1. The molecule has 0 saturated carbocycles. The molecule has 1 aliphatic heterocycles. The van der Waals surface area contributed by atoms with Gasteiger partial charge in [-0.3, -0.25) is 4.79 Å². The summed E-state index contributed by atoms with van der Waals surface area (Å²) in [5, 5.41) is 3.28. The highest BCUT2D eigenvalue weighted by molar-refractivity contribution is 9.10. The maximum Gasteiger partial charge on any atom is 0.159 e. The molecule has 0 atom stereocenters. The lowest BCUT2D eigenvalue weighted by atomic mass is 10.2. The summed E-state index contributed by atoms with van der Waals surface area (Å²) >= 11 is 2.71. The zero-order chi connectivity index (χ0) is 15.1. The zero-order valence-corrected chi connectivity index (χ0v) is 14.4. The number of rotatable bonds is 3. The molecule has 19 heavy (non-hydrogen) atoms. The van der Waals surface area contributed by atoms with Crippen molar-refractivity contribution in [2.75, 3.05) is 13.1 Å². The molecule has 0 bridgehead atoms. The van der Waals surface area contributed by atoms with E-state index < -0.39 is 4.58 Å². The summed E-state index contributed by atoms with van der Waals surface area (Å²) in [7, 11) is 0. The molecule has 1 fully saturated rings. The molecule has 4 heteroatoms. The van der Waals surface area contributed by atoms with Crippen LogP contribution in [0.2, 0.25) is 0 Å². The van der Waals surface area contributed by atoms with Crippen LogP contribution in [0.15, 0.2) is 12.2 Å². The molecule has 0 aromatic rings. The lowest BCUT2D eigenvalue weighted by Gasteiger charge is -2.08. The van der Waals surface area contributed by atoms with E-state index in [0.717, 1.165) is 12.8 Å². The molecule has 0 aliphatic carbocycles. The highest BCUT2D eigenvalue weighted by atomic mass is 79.9. The van der Waals surface area contributed by atoms with Gasteiger partial charge in [-0.15, -0.1) is 0 Å². The van der Waals surface area contributed by atoms with Gasteiger partial charge < -0.3 is 5.32 Å². The average molecular weight is 338 g/mol. The van der Waals surface area contributed by atoms with Crippen LogP contribution in [0.4, 0.5) is 4.39 Å². The van der Waals surface area contributed by atoms with E-state index in [4.69, 9.17) is 0 Å². The van der Waals surface area contributed by atoms with Crippen LogP contribution < -0.4 is 5.32 Å². The lowest BCUT2D eigenvalue weighted by molar-refractivity contribution is -0.112. The molecule has 0 spiro atoms. The number of nitrogens with one attached hydrogen (secondary N) is 1. The Bertz CT molecular complexity index is 215. The van der Waals surface area contributed by atoms with Crippen molar-refractivity contribution in [2.24, 2.45) is 0 Å². The molecular formula is C15H29BrFNO. The van der Waals surface area contributed by atoms with Gasteiger partial charge in [-0.1, -0.05) is 25.8 Å². The van der Waals surface area contributed by atoms with Crippen LogP contribution in [0.3, 0.4) is 0 Å². The molecule has 0 radical (unpaired) electrons. The quantitative estimate of drug-likeness (QED) is 0.593. The summed E-state index contributed by atoms with van der Waals surface area (Å²) in [6.07, 6.45) is 9.86. The third-order valence-corrected chi connectivity index (χ3v) is 2.02. The molecular weight excluding hydrogens is 309 g/mol. The van der Waals surface area contributed by atoms with Gasteiger partial charge in [0.2, 0.25) is 0 Å². The largest absolute Gasteiger partial charge is 0.317 e. The Morgan fingerprint density at radius 2 is 1.79 bits per heavy atom. The Morgan fingerprint density at radius 1 is 1.32 bits per heavy atom. The number of hydrogen-bond acceptors (Lipinski definition) is 2. The first kappa shape index (κ1) is 21.1. The highest BCUT2D eigenvalue weighted by Gasteiger charge is 2.05. The Kier molecular flexibility index (Phi) is 15.8. The molecule has 1 saturated heterocycles. The summed E-state index contributed by atoms with van der Waals surface area (Å²) in [5.74, 6) is 0.137. The molecule has 1 N–H and O–H groups in total. The van der Waals surface area contributed by atoms with Gasteiger partial charge in [-0.2, -0.15) is 0 Å². The molecule has 0 unspecified atom stereocenters. The van der Waals surface area contributed by atoms with E-state index in [1.807, 2.05) is 6.08 Å². The molecule has 1 rings (SSSR count). The van der Waals surface area contributed by atoms with E-state index in [0.29, 0.717) is 0 Å².